The average Bonchev–Trinajstić information content (AvgIpc) is 3.04. The van der Waals surface area contributed by atoms with Crippen molar-refractivity contribution >= 4 is 22.0 Å². The van der Waals surface area contributed by atoms with E-state index in [1.54, 1.807) is 4.90 Å². The van der Waals surface area contributed by atoms with E-state index in [1.807, 2.05) is 0 Å². The molecule has 0 bridgehead atoms. The van der Waals surface area contributed by atoms with Gasteiger partial charge < -0.3 is 9.64 Å². The van der Waals surface area contributed by atoms with Crippen LogP contribution in [0, 0.1) is 0 Å². The van der Waals surface area contributed by atoms with Gasteiger partial charge in [-0.25, -0.2) is 4.79 Å². The molecule has 4 heteroatoms. The second kappa shape index (κ2) is 7.03. The molecule has 29 heavy (non-hydrogen) atoms. The van der Waals surface area contributed by atoms with E-state index in [0.29, 0.717) is 19.7 Å². The summed E-state index contributed by atoms with van der Waals surface area (Å²) in [7, 11) is 0. The van der Waals surface area contributed by atoms with Crippen molar-refractivity contribution in [2.24, 2.45) is 0 Å². The number of carbonyl (C=O) groups is 1. The first kappa shape index (κ1) is 18.4. The standard InChI is InChI=1S/C25H22BrNO2/c1-25(17-10-12-18(26)13-11-17)15-27(16-25)24(28)29-14-23-21-8-4-2-6-19(21)20-7-3-5-9-22(20)23/h2-13,23H,14-16H2,1H3. The Balaban J connectivity index is 1.26. The van der Waals surface area contributed by atoms with Crippen LogP contribution in [0.5, 0.6) is 0 Å². The van der Waals surface area contributed by atoms with Crippen LogP contribution in [0.25, 0.3) is 11.1 Å². The molecule has 0 spiro atoms. The second-order valence-corrected chi connectivity index (χ2v) is 9.14. The molecule has 3 aromatic carbocycles. The maximum Gasteiger partial charge on any atom is 0.409 e. The second-order valence-electron chi connectivity index (χ2n) is 8.23. The highest BCUT2D eigenvalue weighted by molar-refractivity contribution is 9.10. The van der Waals surface area contributed by atoms with E-state index in [0.717, 1.165) is 4.47 Å². The summed E-state index contributed by atoms with van der Waals surface area (Å²) < 4.78 is 6.84. The molecule has 5 rings (SSSR count). The summed E-state index contributed by atoms with van der Waals surface area (Å²) in [5.74, 6) is 0.102. The van der Waals surface area contributed by atoms with Crippen LogP contribution < -0.4 is 0 Å². The third-order valence-corrected chi connectivity index (χ3v) is 6.74. The molecule has 0 atom stereocenters. The Morgan fingerprint density at radius 1 is 0.966 bits per heavy atom. The van der Waals surface area contributed by atoms with Gasteiger partial charge in [-0.05, 0) is 39.9 Å². The Morgan fingerprint density at radius 2 is 1.52 bits per heavy atom. The van der Waals surface area contributed by atoms with E-state index in [-0.39, 0.29) is 17.4 Å². The zero-order valence-electron chi connectivity index (χ0n) is 16.3. The van der Waals surface area contributed by atoms with Crippen LogP contribution in [-0.4, -0.2) is 30.7 Å². The highest BCUT2D eigenvalue weighted by Gasteiger charge is 2.43. The predicted molar refractivity (Wildman–Crippen MR) is 118 cm³/mol. The van der Waals surface area contributed by atoms with Gasteiger partial charge in [-0.15, -0.1) is 0 Å². The van der Waals surface area contributed by atoms with Gasteiger partial charge in [-0.3, -0.25) is 0 Å². The summed E-state index contributed by atoms with van der Waals surface area (Å²) in [6, 6.07) is 25.2. The van der Waals surface area contributed by atoms with Crippen molar-refractivity contribution in [3.8, 4) is 11.1 Å². The van der Waals surface area contributed by atoms with Gasteiger partial charge in [0, 0.05) is 28.9 Å². The molecule has 1 fully saturated rings. The van der Waals surface area contributed by atoms with Crippen LogP contribution in [-0.2, 0) is 10.2 Å². The van der Waals surface area contributed by atoms with Crippen molar-refractivity contribution in [3.05, 3.63) is 94.0 Å². The summed E-state index contributed by atoms with van der Waals surface area (Å²) in [5, 5.41) is 0. The number of carbonyl (C=O) groups excluding carboxylic acids is 1. The van der Waals surface area contributed by atoms with Gasteiger partial charge in [0.05, 0.1) is 0 Å². The summed E-state index contributed by atoms with van der Waals surface area (Å²) in [6.45, 7) is 3.94. The molecule has 1 amide bonds. The number of nitrogens with zero attached hydrogens (tertiary/aromatic N) is 1. The molecule has 3 nitrogen and oxygen atoms in total. The third-order valence-electron chi connectivity index (χ3n) is 6.22. The fourth-order valence-corrected chi connectivity index (χ4v) is 4.91. The first-order valence-electron chi connectivity index (χ1n) is 9.91. The van der Waals surface area contributed by atoms with E-state index in [4.69, 9.17) is 4.74 Å². The maximum absolute atomic E-state index is 12.7. The Morgan fingerprint density at radius 3 is 2.10 bits per heavy atom. The Kier molecular flexibility index (Phi) is 4.47. The lowest BCUT2D eigenvalue weighted by Crippen LogP contribution is -2.59. The van der Waals surface area contributed by atoms with Gasteiger partial charge in [0.2, 0.25) is 0 Å². The minimum atomic E-state index is -0.221. The number of likely N-dealkylation sites (tertiary alicyclic amines) is 1. The van der Waals surface area contributed by atoms with Crippen LogP contribution in [0.2, 0.25) is 0 Å². The van der Waals surface area contributed by atoms with Crippen LogP contribution >= 0.6 is 15.9 Å². The van der Waals surface area contributed by atoms with Gasteiger partial charge in [-0.2, -0.15) is 0 Å². The van der Waals surface area contributed by atoms with Crippen molar-refractivity contribution < 1.29 is 9.53 Å². The SMILES string of the molecule is CC1(c2ccc(Br)cc2)CN(C(=O)OCC2c3ccccc3-c3ccccc32)C1. The Hall–Kier alpha value is -2.59. The summed E-state index contributed by atoms with van der Waals surface area (Å²) in [5.41, 5.74) is 6.22. The fraction of sp³-hybridized carbons (Fsp3) is 0.240. The summed E-state index contributed by atoms with van der Waals surface area (Å²) >= 11 is 3.48. The van der Waals surface area contributed by atoms with Gasteiger partial charge >= 0.3 is 6.09 Å². The van der Waals surface area contributed by atoms with Crippen molar-refractivity contribution in [3.63, 3.8) is 0 Å². The third kappa shape index (κ3) is 3.16. The molecule has 0 aromatic heterocycles. The molecule has 0 radical (unpaired) electrons. The van der Waals surface area contributed by atoms with Gasteiger partial charge in [0.15, 0.2) is 0 Å². The number of fused-ring (bicyclic) bond motifs is 3. The Bertz CT molecular complexity index is 1020. The van der Waals surface area contributed by atoms with Crippen LogP contribution in [0.3, 0.4) is 0 Å². The molecule has 1 saturated heterocycles. The van der Waals surface area contributed by atoms with Crippen LogP contribution in [0.15, 0.2) is 77.3 Å². The first-order chi connectivity index (χ1) is 14.0. The number of amides is 1. The van der Waals surface area contributed by atoms with Crippen molar-refractivity contribution in [1.29, 1.82) is 0 Å². The monoisotopic (exact) mass is 447 g/mol. The number of halogens is 1. The molecule has 1 heterocycles. The first-order valence-corrected chi connectivity index (χ1v) is 10.7. The molecule has 3 aromatic rings. The topological polar surface area (TPSA) is 29.5 Å². The van der Waals surface area contributed by atoms with E-state index in [9.17, 15) is 4.79 Å². The molecular formula is C25H22BrNO2. The summed E-state index contributed by atoms with van der Waals surface area (Å²) in [4.78, 5) is 14.5. The smallest absolute Gasteiger partial charge is 0.409 e. The molecule has 0 unspecified atom stereocenters. The lowest BCUT2D eigenvalue weighted by atomic mass is 9.76. The highest BCUT2D eigenvalue weighted by atomic mass is 79.9. The predicted octanol–water partition coefficient (Wildman–Crippen LogP) is 5.97. The zero-order chi connectivity index (χ0) is 20.0. The fourth-order valence-electron chi connectivity index (χ4n) is 4.65. The van der Waals surface area contributed by atoms with Gasteiger partial charge in [0.25, 0.3) is 0 Å². The molecule has 2 aliphatic rings. The number of benzene rings is 3. The molecule has 0 saturated carbocycles. The average molecular weight is 448 g/mol. The molecule has 1 aliphatic carbocycles. The summed E-state index contributed by atoms with van der Waals surface area (Å²) in [6.07, 6.45) is -0.221. The van der Waals surface area contributed by atoms with Gasteiger partial charge in [0.1, 0.15) is 6.61 Å². The number of rotatable bonds is 3. The van der Waals surface area contributed by atoms with E-state index >= 15 is 0 Å². The van der Waals surface area contributed by atoms with Crippen molar-refractivity contribution in [2.75, 3.05) is 19.7 Å². The normalized spacial score (nSPS) is 16.7. The molecule has 1 aliphatic heterocycles. The molecular weight excluding hydrogens is 426 g/mol. The lowest BCUT2D eigenvalue weighted by Gasteiger charge is -2.47. The zero-order valence-corrected chi connectivity index (χ0v) is 17.9. The highest BCUT2D eigenvalue weighted by Crippen LogP contribution is 2.44. The molecule has 0 N–H and O–H groups in total. The van der Waals surface area contributed by atoms with Crippen LogP contribution in [0.4, 0.5) is 4.79 Å². The van der Waals surface area contributed by atoms with Crippen molar-refractivity contribution in [1.82, 2.24) is 4.90 Å². The number of hydrogen-bond donors (Lipinski definition) is 0. The van der Waals surface area contributed by atoms with Crippen molar-refractivity contribution in [2.45, 2.75) is 18.3 Å². The minimum Gasteiger partial charge on any atom is -0.448 e. The van der Waals surface area contributed by atoms with E-state index in [1.165, 1.54) is 27.8 Å². The minimum absolute atomic E-state index is 0.00766. The molecule has 146 valence electrons. The maximum atomic E-state index is 12.7. The van der Waals surface area contributed by atoms with E-state index < -0.39 is 0 Å². The number of ether oxygens (including phenoxy) is 1. The van der Waals surface area contributed by atoms with E-state index in [2.05, 4.69) is 95.7 Å². The largest absolute Gasteiger partial charge is 0.448 e. The van der Waals surface area contributed by atoms with Crippen LogP contribution in [0.1, 0.15) is 29.5 Å². The quantitative estimate of drug-likeness (QED) is 0.494. The number of hydrogen-bond acceptors (Lipinski definition) is 2. The lowest BCUT2D eigenvalue weighted by molar-refractivity contribution is 0.0422. The Labute approximate surface area is 179 Å². The van der Waals surface area contributed by atoms with Gasteiger partial charge in [-0.1, -0.05) is 83.5 Å².